The maximum absolute atomic E-state index is 12.5. The molecule has 2 aliphatic rings. The van der Waals surface area contributed by atoms with Gasteiger partial charge in [0.05, 0.1) is 23.8 Å². The Morgan fingerprint density at radius 1 is 1.30 bits per heavy atom. The normalized spacial score (nSPS) is 20.1. The van der Waals surface area contributed by atoms with E-state index in [1.807, 2.05) is 6.92 Å². The standard InChI is InChI=1S/C17H20N2O4/c1-3-18(2)15(20)11-6-7-13-14(9-11)17(22)19(16(13)21)10-12-5-4-8-23-12/h6-7,9,12H,3-5,8,10H2,1-2H3. The molecule has 0 radical (unpaired) electrons. The zero-order chi connectivity index (χ0) is 16.6. The Hall–Kier alpha value is -2.21. The second kappa shape index (κ2) is 6.12. The van der Waals surface area contributed by atoms with Gasteiger partial charge in [-0.1, -0.05) is 0 Å². The molecule has 0 bridgehead atoms. The topological polar surface area (TPSA) is 66.9 Å². The number of nitrogens with zero attached hydrogens (tertiary/aromatic N) is 2. The number of imide groups is 1. The third kappa shape index (κ3) is 2.74. The molecule has 2 heterocycles. The van der Waals surface area contributed by atoms with Crippen LogP contribution in [0.25, 0.3) is 0 Å². The fourth-order valence-electron chi connectivity index (χ4n) is 2.95. The van der Waals surface area contributed by atoms with Crippen molar-refractivity contribution >= 4 is 17.7 Å². The van der Waals surface area contributed by atoms with Gasteiger partial charge in [-0.2, -0.15) is 0 Å². The Bertz CT molecular complexity index is 665. The number of amides is 3. The van der Waals surface area contributed by atoms with E-state index in [2.05, 4.69) is 0 Å². The van der Waals surface area contributed by atoms with Gasteiger partial charge in [-0.25, -0.2) is 0 Å². The number of rotatable bonds is 4. The first kappa shape index (κ1) is 15.7. The smallest absolute Gasteiger partial charge is 0.261 e. The number of fused-ring (bicyclic) bond motifs is 1. The number of carbonyl (C=O) groups is 3. The van der Waals surface area contributed by atoms with Crippen molar-refractivity contribution in [1.82, 2.24) is 9.80 Å². The molecule has 6 heteroatoms. The summed E-state index contributed by atoms with van der Waals surface area (Å²) in [6, 6.07) is 4.70. The summed E-state index contributed by atoms with van der Waals surface area (Å²) >= 11 is 0. The molecule has 0 saturated carbocycles. The van der Waals surface area contributed by atoms with E-state index >= 15 is 0 Å². The molecule has 1 aromatic carbocycles. The summed E-state index contributed by atoms with van der Waals surface area (Å²) in [7, 11) is 1.70. The van der Waals surface area contributed by atoms with Gasteiger partial charge < -0.3 is 9.64 Å². The highest BCUT2D eigenvalue weighted by Gasteiger charge is 2.38. The zero-order valence-corrected chi connectivity index (χ0v) is 13.4. The summed E-state index contributed by atoms with van der Waals surface area (Å²) in [6.07, 6.45) is 1.73. The average Bonchev–Trinajstić information content (AvgIpc) is 3.16. The Morgan fingerprint density at radius 2 is 2.04 bits per heavy atom. The maximum Gasteiger partial charge on any atom is 0.261 e. The lowest BCUT2D eigenvalue weighted by Gasteiger charge is -2.17. The van der Waals surface area contributed by atoms with Crippen LogP contribution in [0.15, 0.2) is 18.2 Å². The first-order chi connectivity index (χ1) is 11.0. The van der Waals surface area contributed by atoms with Crippen LogP contribution in [0.1, 0.15) is 50.8 Å². The lowest BCUT2D eigenvalue weighted by Crippen LogP contribution is -2.36. The van der Waals surface area contributed by atoms with Gasteiger partial charge in [0.2, 0.25) is 0 Å². The highest BCUT2D eigenvalue weighted by atomic mass is 16.5. The average molecular weight is 316 g/mol. The van der Waals surface area contributed by atoms with E-state index in [9.17, 15) is 14.4 Å². The zero-order valence-electron chi connectivity index (χ0n) is 13.4. The minimum atomic E-state index is -0.339. The monoisotopic (exact) mass is 316 g/mol. The predicted octanol–water partition coefficient (Wildman–Crippen LogP) is 1.55. The lowest BCUT2D eigenvalue weighted by molar-refractivity contribution is 0.0475. The lowest BCUT2D eigenvalue weighted by atomic mass is 10.1. The number of hydrogen-bond acceptors (Lipinski definition) is 4. The highest BCUT2D eigenvalue weighted by Crippen LogP contribution is 2.26. The molecule has 3 rings (SSSR count). The summed E-state index contributed by atoms with van der Waals surface area (Å²) in [5.41, 5.74) is 1.10. The summed E-state index contributed by atoms with van der Waals surface area (Å²) in [6.45, 7) is 3.41. The molecule has 1 atom stereocenters. The van der Waals surface area contributed by atoms with Crippen LogP contribution in [-0.4, -0.2) is 60.4 Å². The fraction of sp³-hybridized carbons (Fsp3) is 0.471. The van der Waals surface area contributed by atoms with Crippen LogP contribution in [0.3, 0.4) is 0 Å². The number of carbonyl (C=O) groups excluding carboxylic acids is 3. The third-order valence-corrected chi connectivity index (χ3v) is 4.45. The van der Waals surface area contributed by atoms with E-state index in [0.29, 0.717) is 29.8 Å². The predicted molar refractivity (Wildman–Crippen MR) is 83.4 cm³/mol. The van der Waals surface area contributed by atoms with Gasteiger partial charge in [0.15, 0.2) is 0 Å². The van der Waals surface area contributed by atoms with Crippen LogP contribution in [-0.2, 0) is 4.74 Å². The Kier molecular flexibility index (Phi) is 4.17. The van der Waals surface area contributed by atoms with Crippen LogP contribution in [0.4, 0.5) is 0 Å². The van der Waals surface area contributed by atoms with Crippen LogP contribution >= 0.6 is 0 Å². The van der Waals surface area contributed by atoms with Crippen molar-refractivity contribution in [2.45, 2.75) is 25.9 Å². The van der Waals surface area contributed by atoms with Gasteiger partial charge in [0, 0.05) is 25.8 Å². The molecule has 1 saturated heterocycles. The van der Waals surface area contributed by atoms with Crippen LogP contribution in [0, 0.1) is 0 Å². The van der Waals surface area contributed by atoms with Crippen molar-refractivity contribution in [2.75, 3.05) is 26.7 Å². The van der Waals surface area contributed by atoms with E-state index in [4.69, 9.17) is 4.74 Å². The molecule has 6 nitrogen and oxygen atoms in total. The molecule has 1 unspecified atom stereocenters. The molecule has 122 valence electrons. The van der Waals surface area contributed by atoms with Crippen LogP contribution in [0.2, 0.25) is 0 Å². The molecular weight excluding hydrogens is 296 g/mol. The SMILES string of the molecule is CCN(C)C(=O)c1ccc2c(c1)C(=O)N(CC1CCCO1)C2=O. The summed E-state index contributed by atoms with van der Waals surface area (Å²) < 4.78 is 5.51. The van der Waals surface area contributed by atoms with E-state index in [1.54, 1.807) is 24.1 Å². The highest BCUT2D eigenvalue weighted by molar-refractivity contribution is 6.22. The second-order valence-electron chi connectivity index (χ2n) is 5.94. The van der Waals surface area contributed by atoms with Crippen molar-refractivity contribution in [1.29, 1.82) is 0 Å². The first-order valence-electron chi connectivity index (χ1n) is 7.90. The molecule has 0 spiro atoms. The van der Waals surface area contributed by atoms with Crippen LogP contribution < -0.4 is 0 Å². The molecule has 0 N–H and O–H groups in total. The van der Waals surface area contributed by atoms with Gasteiger partial charge in [0.25, 0.3) is 17.7 Å². The van der Waals surface area contributed by atoms with Gasteiger partial charge in [-0.3, -0.25) is 19.3 Å². The second-order valence-corrected chi connectivity index (χ2v) is 5.94. The summed E-state index contributed by atoms with van der Waals surface area (Å²) in [5, 5.41) is 0. The van der Waals surface area contributed by atoms with E-state index in [0.717, 1.165) is 12.8 Å². The molecule has 2 aliphatic heterocycles. The summed E-state index contributed by atoms with van der Waals surface area (Å²) in [4.78, 5) is 40.0. The van der Waals surface area contributed by atoms with Gasteiger partial charge in [-0.05, 0) is 38.0 Å². The minimum absolute atomic E-state index is 0.0791. The van der Waals surface area contributed by atoms with Crippen molar-refractivity contribution in [3.8, 4) is 0 Å². The third-order valence-electron chi connectivity index (χ3n) is 4.45. The van der Waals surface area contributed by atoms with E-state index in [-0.39, 0.29) is 30.4 Å². The quantitative estimate of drug-likeness (QED) is 0.791. The Morgan fingerprint density at radius 3 is 2.70 bits per heavy atom. The molecule has 1 aromatic rings. The van der Waals surface area contributed by atoms with Crippen molar-refractivity contribution in [3.63, 3.8) is 0 Å². The van der Waals surface area contributed by atoms with E-state index < -0.39 is 0 Å². The van der Waals surface area contributed by atoms with Gasteiger partial charge in [-0.15, -0.1) is 0 Å². The minimum Gasteiger partial charge on any atom is -0.376 e. The molecule has 0 aromatic heterocycles. The van der Waals surface area contributed by atoms with Gasteiger partial charge in [0.1, 0.15) is 0 Å². The van der Waals surface area contributed by atoms with Crippen molar-refractivity contribution < 1.29 is 19.1 Å². The maximum atomic E-state index is 12.5. The molecule has 23 heavy (non-hydrogen) atoms. The number of benzene rings is 1. The summed E-state index contributed by atoms with van der Waals surface area (Å²) in [5.74, 6) is -0.800. The van der Waals surface area contributed by atoms with Crippen molar-refractivity contribution in [2.24, 2.45) is 0 Å². The Labute approximate surface area is 135 Å². The number of hydrogen-bond donors (Lipinski definition) is 0. The van der Waals surface area contributed by atoms with Crippen molar-refractivity contribution in [3.05, 3.63) is 34.9 Å². The molecule has 0 aliphatic carbocycles. The fourth-order valence-corrected chi connectivity index (χ4v) is 2.95. The number of ether oxygens (including phenoxy) is 1. The van der Waals surface area contributed by atoms with Crippen LogP contribution in [0.5, 0.6) is 0 Å². The molecule has 1 fully saturated rings. The molecular formula is C17H20N2O4. The van der Waals surface area contributed by atoms with E-state index in [1.165, 1.54) is 11.0 Å². The largest absolute Gasteiger partial charge is 0.376 e. The molecule has 3 amide bonds. The Balaban J connectivity index is 1.85. The first-order valence-corrected chi connectivity index (χ1v) is 7.90. The van der Waals surface area contributed by atoms with Gasteiger partial charge >= 0.3 is 0 Å².